The molecule has 0 amide bonds. The minimum absolute atomic E-state index is 0.111. The summed E-state index contributed by atoms with van der Waals surface area (Å²) in [4.78, 5) is 2.15. The molecule has 3 heteroatoms. The van der Waals surface area contributed by atoms with Crippen molar-refractivity contribution in [3.05, 3.63) is 29.6 Å². The third kappa shape index (κ3) is 2.53. The van der Waals surface area contributed by atoms with Gasteiger partial charge in [-0.3, -0.25) is 0 Å². The number of anilines is 1. The van der Waals surface area contributed by atoms with Gasteiger partial charge in [0.15, 0.2) is 0 Å². The van der Waals surface area contributed by atoms with E-state index in [1.54, 1.807) is 6.07 Å². The molecule has 0 spiro atoms. The highest BCUT2D eigenvalue weighted by Crippen LogP contribution is 2.22. The summed E-state index contributed by atoms with van der Waals surface area (Å²) in [6.45, 7) is 7.95. The lowest BCUT2D eigenvalue weighted by molar-refractivity contribution is 0.558. The van der Waals surface area contributed by atoms with Crippen LogP contribution < -0.4 is 10.2 Å². The van der Waals surface area contributed by atoms with E-state index in [-0.39, 0.29) is 5.82 Å². The zero-order chi connectivity index (χ0) is 11.5. The highest BCUT2D eigenvalue weighted by molar-refractivity contribution is 5.50. The molecule has 0 radical (unpaired) electrons. The summed E-state index contributed by atoms with van der Waals surface area (Å²) in [6.07, 6.45) is 0. The largest absolute Gasteiger partial charge is 0.368 e. The molecular weight excluding hydrogens is 203 g/mol. The average Bonchev–Trinajstić information content (AvgIpc) is 2.46. The van der Waals surface area contributed by atoms with Crippen molar-refractivity contribution in [3.8, 4) is 0 Å². The first kappa shape index (κ1) is 11.4. The van der Waals surface area contributed by atoms with Crippen LogP contribution in [0.3, 0.4) is 0 Å². The normalized spacial score (nSPS) is 21.9. The highest BCUT2D eigenvalue weighted by Gasteiger charge is 2.17. The third-order valence-corrected chi connectivity index (χ3v) is 3.03. The average molecular weight is 222 g/mol. The molecule has 16 heavy (non-hydrogen) atoms. The minimum Gasteiger partial charge on any atom is -0.368 e. The van der Waals surface area contributed by atoms with Gasteiger partial charge in [0.2, 0.25) is 0 Å². The fourth-order valence-corrected chi connectivity index (χ4v) is 2.18. The van der Waals surface area contributed by atoms with Crippen LogP contribution in [0, 0.1) is 18.7 Å². The predicted molar refractivity (Wildman–Crippen MR) is 65.4 cm³/mol. The second-order valence-electron chi connectivity index (χ2n) is 4.71. The maximum Gasteiger partial charge on any atom is 0.146 e. The van der Waals surface area contributed by atoms with Gasteiger partial charge in [-0.15, -0.1) is 0 Å². The van der Waals surface area contributed by atoms with Crippen molar-refractivity contribution in [1.29, 1.82) is 0 Å². The Hall–Kier alpha value is -1.09. The van der Waals surface area contributed by atoms with Crippen LogP contribution >= 0.6 is 0 Å². The van der Waals surface area contributed by atoms with E-state index in [1.807, 2.05) is 19.1 Å². The van der Waals surface area contributed by atoms with Crippen LogP contribution in [0.15, 0.2) is 18.2 Å². The second kappa shape index (κ2) is 4.83. The standard InChI is InChI=1S/C13H19FN2/c1-10-3-4-12(14)13(7-10)16-6-5-15-8-11(2)9-16/h3-4,7,11,15H,5-6,8-9H2,1-2H3. The van der Waals surface area contributed by atoms with Crippen molar-refractivity contribution < 1.29 is 4.39 Å². The topological polar surface area (TPSA) is 15.3 Å². The van der Waals surface area contributed by atoms with E-state index < -0.39 is 0 Å². The monoisotopic (exact) mass is 222 g/mol. The quantitative estimate of drug-likeness (QED) is 0.783. The minimum atomic E-state index is -0.111. The molecule has 0 aliphatic carbocycles. The van der Waals surface area contributed by atoms with E-state index in [1.165, 1.54) is 0 Å². The van der Waals surface area contributed by atoms with Gasteiger partial charge in [0, 0.05) is 19.6 Å². The van der Waals surface area contributed by atoms with E-state index in [0.29, 0.717) is 5.92 Å². The lowest BCUT2D eigenvalue weighted by atomic mass is 10.1. The zero-order valence-electron chi connectivity index (χ0n) is 9.96. The van der Waals surface area contributed by atoms with Crippen molar-refractivity contribution in [1.82, 2.24) is 5.32 Å². The fraction of sp³-hybridized carbons (Fsp3) is 0.538. The first-order valence-corrected chi connectivity index (χ1v) is 5.88. The van der Waals surface area contributed by atoms with Gasteiger partial charge in [0.25, 0.3) is 0 Å². The highest BCUT2D eigenvalue weighted by atomic mass is 19.1. The molecule has 1 N–H and O–H groups in total. The van der Waals surface area contributed by atoms with E-state index in [0.717, 1.165) is 37.4 Å². The zero-order valence-corrected chi connectivity index (χ0v) is 9.96. The third-order valence-electron chi connectivity index (χ3n) is 3.03. The van der Waals surface area contributed by atoms with Crippen LogP contribution in [-0.2, 0) is 0 Å². The van der Waals surface area contributed by atoms with Gasteiger partial charge >= 0.3 is 0 Å². The Morgan fingerprint density at radius 2 is 2.25 bits per heavy atom. The first-order chi connectivity index (χ1) is 7.66. The van der Waals surface area contributed by atoms with Gasteiger partial charge in [-0.05, 0) is 37.1 Å². The molecule has 0 saturated carbocycles. The van der Waals surface area contributed by atoms with Crippen molar-refractivity contribution in [2.24, 2.45) is 5.92 Å². The number of rotatable bonds is 1. The lowest BCUT2D eigenvalue weighted by Gasteiger charge is -2.25. The maximum atomic E-state index is 13.8. The van der Waals surface area contributed by atoms with Crippen molar-refractivity contribution >= 4 is 5.69 Å². The second-order valence-corrected chi connectivity index (χ2v) is 4.71. The Labute approximate surface area is 96.5 Å². The van der Waals surface area contributed by atoms with Gasteiger partial charge in [-0.1, -0.05) is 13.0 Å². The van der Waals surface area contributed by atoms with E-state index in [2.05, 4.69) is 17.1 Å². The number of halogens is 1. The van der Waals surface area contributed by atoms with E-state index in [4.69, 9.17) is 0 Å². The smallest absolute Gasteiger partial charge is 0.146 e. The molecule has 88 valence electrons. The molecule has 1 unspecified atom stereocenters. The molecule has 1 fully saturated rings. The molecule has 1 aromatic carbocycles. The van der Waals surface area contributed by atoms with Gasteiger partial charge in [0.1, 0.15) is 5.82 Å². The van der Waals surface area contributed by atoms with E-state index >= 15 is 0 Å². The molecule has 1 atom stereocenters. The predicted octanol–water partition coefficient (Wildman–Crippen LogP) is 2.18. The summed E-state index contributed by atoms with van der Waals surface area (Å²) in [5.74, 6) is 0.446. The summed E-state index contributed by atoms with van der Waals surface area (Å²) in [5.41, 5.74) is 1.86. The fourth-order valence-electron chi connectivity index (χ4n) is 2.18. The Morgan fingerprint density at radius 1 is 1.44 bits per heavy atom. The van der Waals surface area contributed by atoms with E-state index in [9.17, 15) is 4.39 Å². The molecule has 1 aliphatic rings. The molecule has 2 nitrogen and oxygen atoms in total. The van der Waals surface area contributed by atoms with Crippen LogP contribution in [0.4, 0.5) is 10.1 Å². The van der Waals surface area contributed by atoms with Crippen LogP contribution in [0.5, 0.6) is 0 Å². The van der Waals surface area contributed by atoms with Crippen LogP contribution in [-0.4, -0.2) is 26.2 Å². The van der Waals surface area contributed by atoms with Crippen molar-refractivity contribution in [2.75, 3.05) is 31.1 Å². The molecule has 1 saturated heterocycles. The van der Waals surface area contributed by atoms with Gasteiger partial charge in [0.05, 0.1) is 5.69 Å². The summed E-state index contributed by atoms with van der Waals surface area (Å²) in [5, 5.41) is 3.37. The van der Waals surface area contributed by atoms with Crippen LogP contribution in [0.2, 0.25) is 0 Å². The number of hydrogen-bond acceptors (Lipinski definition) is 2. The first-order valence-electron chi connectivity index (χ1n) is 5.88. The van der Waals surface area contributed by atoms with Crippen LogP contribution in [0.1, 0.15) is 12.5 Å². The molecule has 0 bridgehead atoms. The van der Waals surface area contributed by atoms with Crippen LogP contribution in [0.25, 0.3) is 0 Å². The van der Waals surface area contributed by atoms with Crippen molar-refractivity contribution in [3.63, 3.8) is 0 Å². The molecule has 2 rings (SSSR count). The van der Waals surface area contributed by atoms with Gasteiger partial charge in [-0.25, -0.2) is 4.39 Å². The lowest BCUT2D eigenvalue weighted by Crippen LogP contribution is -2.30. The number of nitrogens with one attached hydrogen (secondary N) is 1. The summed E-state index contributed by atoms with van der Waals surface area (Å²) < 4.78 is 13.8. The maximum absolute atomic E-state index is 13.8. The number of hydrogen-bond donors (Lipinski definition) is 1. The summed E-state index contributed by atoms with van der Waals surface area (Å²) >= 11 is 0. The van der Waals surface area contributed by atoms with Gasteiger partial charge < -0.3 is 10.2 Å². The number of benzene rings is 1. The summed E-state index contributed by atoms with van der Waals surface area (Å²) in [7, 11) is 0. The summed E-state index contributed by atoms with van der Waals surface area (Å²) in [6, 6.07) is 5.32. The Balaban J connectivity index is 2.24. The number of aryl methyl sites for hydroxylation is 1. The Morgan fingerprint density at radius 3 is 3.06 bits per heavy atom. The molecule has 1 aliphatic heterocycles. The molecule has 1 aromatic rings. The molecule has 1 heterocycles. The van der Waals surface area contributed by atoms with Crippen molar-refractivity contribution in [2.45, 2.75) is 13.8 Å². The Bertz CT molecular complexity index is 365. The number of nitrogens with zero attached hydrogens (tertiary/aromatic N) is 1. The molecular formula is C13H19FN2. The van der Waals surface area contributed by atoms with Gasteiger partial charge in [-0.2, -0.15) is 0 Å². The Kier molecular flexibility index (Phi) is 3.44. The SMILES string of the molecule is Cc1ccc(F)c(N2CCNCC(C)C2)c1. The molecule has 0 aromatic heterocycles.